The first-order chi connectivity index (χ1) is 12.4. The summed E-state index contributed by atoms with van der Waals surface area (Å²) in [4.78, 5) is 26.3. The van der Waals surface area contributed by atoms with Gasteiger partial charge in [0, 0.05) is 10.6 Å². The van der Waals surface area contributed by atoms with Crippen LogP contribution in [0, 0.1) is 13.8 Å². The van der Waals surface area contributed by atoms with Crippen molar-refractivity contribution in [2.24, 2.45) is 0 Å². The highest BCUT2D eigenvalue weighted by Gasteiger charge is 2.15. The molecule has 0 aliphatic rings. The van der Waals surface area contributed by atoms with Gasteiger partial charge in [-0.15, -0.1) is 11.8 Å². The van der Waals surface area contributed by atoms with Crippen molar-refractivity contribution >= 4 is 35.0 Å². The largest absolute Gasteiger partial charge is 0.322 e. The summed E-state index contributed by atoms with van der Waals surface area (Å²) in [5.41, 5.74) is 3.80. The van der Waals surface area contributed by atoms with Crippen LogP contribution >= 0.6 is 11.8 Å². The van der Waals surface area contributed by atoms with Crippen LogP contribution in [0.3, 0.4) is 0 Å². The number of rotatable bonds is 7. The van der Waals surface area contributed by atoms with E-state index in [1.54, 1.807) is 11.8 Å². The minimum Gasteiger partial charge on any atom is -0.322 e. The molecule has 2 amide bonds. The summed E-state index contributed by atoms with van der Waals surface area (Å²) in [6.07, 6.45) is 1.97. The van der Waals surface area contributed by atoms with Gasteiger partial charge < -0.3 is 15.5 Å². The first-order valence-electron chi connectivity index (χ1n) is 8.49. The van der Waals surface area contributed by atoms with Gasteiger partial charge in [0.15, 0.2) is 13.1 Å². The van der Waals surface area contributed by atoms with Crippen LogP contribution in [-0.2, 0) is 9.59 Å². The molecule has 5 nitrogen and oxygen atoms in total. The number of benzene rings is 2. The van der Waals surface area contributed by atoms with E-state index in [-0.39, 0.29) is 24.9 Å². The van der Waals surface area contributed by atoms with Crippen molar-refractivity contribution in [1.29, 1.82) is 0 Å². The van der Waals surface area contributed by atoms with E-state index >= 15 is 0 Å². The Bertz CT molecular complexity index is 772. The Balaban J connectivity index is 1.86. The molecule has 2 aromatic carbocycles. The van der Waals surface area contributed by atoms with Crippen molar-refractivity contribution in [2.45, 2.75) is 18.7 Å². The molecule has 3 N–H and O–H groups in total. The maximum absolute atomic E-state index is 12.2. The Morgan fingerprint density at radius 2 is 1.54 bits per heavy atom. The van der Waals surface area contributed by atoms with Gasteiger partial charge in [-0.25, -0.2) is 0 Å². The number of aryl methyl sites for hydroxylation is 2. The normalized spacial score (nSPS) is 11.7. The Morgan fingerprint density at radius 1 is 0.962 bits per heavy atom. The molecule has 0 saturated carbocycles. The van der Waals surface area contributed by atoms with Crippen LogP contribution in [0.25, 0.3) is 0 Å². The average molecular weight is 373 g/mol. The predicted octanol–water partition coefficient (Wildman–Crippen LogP) is 2.12. The first kappa shape index (κ1) is 20.0. The fourth-order valence-electron chi connectivity index (χ4n) is 2.81. The summed E-state index contributed by atoms with van der Waals surface area (Å²) in [5.74, 6) is -0.215. The molecule has 2 rings (SSSR count). The molecule has 0 spiro atoms. The lowest BCUT2D eigenvalue weighted by Gasteiger charge is -2.15. The van der Waals surface area contributed by atoms with Gasteiger partial charge in [0.1, 0.15) is 0 Å². The Morgan fingerprint density at radius 3 is 2.15 bits per heavy atom. The van der Waals surface area contributed by atoms with Gasteiger partial charge in [0.05, 0.1) is 12.7 Å². The zero-order valence-corrected chi connectivity index (χ0v) is 16.5. The molecule has 2 aromatic rings. The third-order valence-corrected chi connectivity index (χ3v) is 4.61. The van der Waals surface area contributed by atoms with Gasteiger partial charge >= 0.3 is 0 Å². The van der Waals surface area contributed by atoms with Crippen molar-refractivity contribution in [3.8, 4) is 0 Å². The van der Waals surface area contributed by atoms with Crippen molar-refractivity contribution in [1.82, 2.24) is 0 Å². The number of thioether (sulfide) groups is 1. The molecule has 0 aliphatic heterocycles. The Hall–Kier alpha value is -2.31. The smallest absolute Gasteiger partial charge is 0.279 e. The van der Waals surface area contributed by atoms with E-state index in [2.05, 4.69) is 16.7 Å². The summed E-state index contributed by atoms with van der Waals surface area (Å²) in [5, 5.41) is 5.82. The summed E-state index contributed by atoms with van der Waals surface area (Å²) in [6, 6.07) is 13.6. The molecular weight excluding hydrogens is 346 g/mol. The van der Waals surface area contributed by atoms with Gasteiger partial charge in [0.2, 0.25) is 0 Å². The highest BCUT2D eigenvalue weighted by molar-refractivity contribution is 7.98. The maximum atomic E-state index is 12.2. The third kappa shape index (κ3) is 6.20. The van der Waals surface area contributed by atoms with Crippen molar-refractivity contribution in [2.75, 3.05) is 37.0 Å². The topological polar surface area (TPSA) is 62.6 Å². The summed E-state index contributed by atoms with van der Waals surface area (Å²) in [6.45, 7) is 4.45. The van der Waals surface area contributed by atoms with E-state index in [0.717, 1.165) is 32.3 Å². The van der Waals surface area contributed by atoms with Gasteiger partial charge in [0.25, 0.3) is 11.8 Å². The molecule has 6 heteroatoms. The van der Waals surface area contributed by atoms with Gasteiger partial charge in [-0.2, -0.15) is 0 Å². The molecule has 0 aliphatic carbocycles. The molecule has 0 fully saturated rings. The lowest BCUT2D eigenvalue weighted by atomic mass is 10.1. The van der Waals surface area contributed by atoms with E-state index in [1.165, 1.54) is 0 Å². The van der Waals surface area contributed by atoms with Crippen molar-refractivity contribution in [3.05, 3.63) is 53.6 Å². The quantitative estimate of drug-likeness (QED) is 0.653. The molecule has 1 unspecified atom stereocenters. The number of anilines is 2. The second-order valence-electron chi connectivity index (χ2n) is 6.48. The molecule has 0 heterocycles. The van der Waals surface area contributed by atoms with E-state index < -0.39 is 0 Å². The van der Waals surface area contributed by atoms with Crippen LogP contribution < -0.4 is 15.5 Å². The van der Waals surface area contributed by atoms with Gasteiger partial charge in [-0.05, 0) is 55.5 Å². The van der Waals surface area contributed by atoms with E-state index in [1.807, 2.05) is 63.5 Å². The minimum atomic E-state index is -0.108. The van der Waals surface area contributed by atoms with Crippen LogP contribution in [0.1, 0.15) is 11.1 Å². The Kier molecular flexibility index (Phi) is 7.24. The molecule has 1 atom stereocenters. The Labute approximate surface area is 159 Å². The monoisotopic (exact) mass is 372 g/mol. The predicted molar refractivity (Wildman–Crippen MR) is 108 cm³/mol. The highest BCUT2D eigenvalue weighted by Crippen LogP contribution is 2.24. The summed E-state index contributed by atoms with van der Waals surface area (Å²) < 4.78 is 0. The molecule has 0 aromatic heterocycles. The zero-order chi connectivity index (χ0) is 19.1. The third-order valence-electron chi connectivity index (χ3n) is 3.81. The van der Waals surface area contributed by atoms with Crippen LogP contribution in [0.4, 0.5) is 11.4 Å². The lowest BCUT2D eigenvalue weighted by Crippen LogP contribution is -3.11. The van der Waals surface area contributed by atoms with Gasteiger partial charge in [-0.3, -0.25) is 9.59 Å². The lowest BCUT2D eigenvalue weighted by molar-refractivity contribution is -0.862. The molecule has 0 radical (unpaired) electrons. The molecule has 0 saturated heterocycles. The molecule has 138 valence electrons. The number of carbonyl (C=O) groups excluding carboxylic acids is 2. The number of likely N-dealkylation sites (N-methyl/N-ethyl adjacent to an activating group) is 1. The van der Waals surface area contributed by atoms with Crippen molar-refractivity contribution in [3.63, 3.8) is 0 Å². The van der Waals surface area contributed by atoms with Crippen molar-refractivity contribution < 1.29 is 14.5 Å². The van der Waals surface area contributed by atoms with Gasteiger partial charge in [-0.1, -0.05) is 18.2 Å². The van der Waals surface area contributed by atoms with Crippen LogP contribution in [0.5, 0.6) is 0 Å². The second-order valence-corrected chi connectivity index (χ2v) is 7.33. The number of amides is 2. The first-order valence-corrected chi connectivity index (χ1v) is 9.72. The summed E-state index contributed by atoms with van der Waals surface area (Å²) in [7, 11) is 1.83. The number of hydrogen-bond donors (Lipinski definition) is 3. The fraction of sp³-hybridized carbons (Fsp3) is 0.300. The SMILES string of the molecule is CSc1ccccc1NC(=O)C[NH+](C)CC(=O)Nc1cc(C)cc(C)c1. The van der Waals surface area contributed by atoms with E-state index in [0.29, 0.717) is 0 Å². The molecule has 0 bridgehead atoms. The minimum absolute atomic E-state index is 0.107. The fourth-order valence-corrected chi connectivity index (χ4v) is 3.36. The number of quaternary nitrogens is 1. The maximum Gasteiger partial charge on any atom is 0.279 e. The standard InChI is InChI=1S/C20H25N3O2S/c1-14-9-15(2)11-16(10-14)21-19(24)12-23(3)13-20(25)22-17-7-5-6-8-18(17)26-4/h5-11H,12-13H2,1-4H3,(H,21,24)(H,22,25)/p+1. The number of para-hydroxylation sites is 1. The zero-order valence-electron chi connectivity index (χ0n) is 15.7. The number of carbonyl (C=O) groups is 2. The molecular formula is C20H26N3O2S+. The van der Waals surface area contributed by atoms with Crippen LogP contribution in [0.15, 0.2) is 47.4 Å². The van der Waals surface area contributed by atoms with Crippen LogP contribution in [-0.4, -0.2) is 38.2 Å². The second kappa shape index (κ2) is 9.40. The van der Waals surface area contributed by atoms with E-state index in [9.17, 15) is 9.59 Å². The molecule has 26 heavy (non-hydrogen) atoms. The number of nitrogens with one attached hydrogen (secondary N) is 3. The van der Waals surface area contributed by atoms with Crippen LogP contribution in [0.2, 0.25) is 0 Å². The number of hydrogen-bond acceptors (Lipinski definition) is 3. The summed E-state index contributed by atoms with van der Waals surface area (Å²) >= 11 is 1.58. The van der Waals surface area contributed by atoms with E-state index in [4.69, 9.17) is 0 Å². The average Bonchev–Trinajstić information content (AvgIpc) is 2.53. The highest BCUT2D eigenvalue weighted by atomic mass is 32.2.